The normalized spacial score (nSPS) is 18.2. The Bertz CT molecular complexity index is 1170. The number of hydrogen-bond acceptors (Lipinski definition) is 4. The Labute approximate surface area is 209 Å². The molecule has 1 aliphatic heterocycles. The standard InChI is InChI=1S/C28H29N3O5/c32-19-24-25(26(33)29-16-23(27(34)35)22-14-8-3-9-15-22)31(18-21-12-6-2-7-13-21)28(36)30(24)17-20-10-4-1-5-11-20/h1-15,23-25,32H,16-19H2,(H,29,33)(H,34,35)/t23-,24?,25?/m0/s1. The monoisotopic (exact) mass is 487 g/mol. The number of urea groups is 1. The van der Waals surface area contributed by atoms with E-state index in [1.54, 1.807) is 30.3 Å². The van der Waals surface area contributed by atoms with E-state index in [2.05, 4.69) is 5.32 Å². The molecule has 8 nitrogen and oxygen atoms in total. The van der Waals surface area contributed by atoms with Gasteiger partial charge in [0.1, 0.15) is 6.04 Å². The number of rotatable bonds is 10. The van der Waals surface area contributed by atoms with E-state index in [9.17, 15) is 24.6 Å². The largest absolute Gasteiger partial charge is 0.481 e. The summed E-state index contributed by atoms with van der Waals surface area (Å²) in [4.78, 5) is 41.9. The van der Waals surface area contributed by atoms with E-state index >= 15 is 0 Å². The van der Waals surface area contributed by atoms with Crippen molar-refractivity contribution in [3.05, 3.63) is 108 Å². The van der Waals surface area contributed by atoms with Crippen molar-refractivity contribution in [2.45, 2.75) is 31.1 Å². The van der Waals surface area contributed by atoms with E-state index in [1.165, 1.54) is 9.80 Å². The van der Waals surface area contributed by atoms with Gasteiger partial charge in [0.05, 0.1) is 18.6 Å². The number of aliphatic hydroxyl groups is 1. The van der Waals surface area contributed by atoms with Crippen LogP contribution < -0.4 is 5.32 Å². The summed E-state index contributed by atoms with van der Waals surface area (Å²) >= 11 is 0. The van der Waals surface area contributed by atoms with Gasteiger partial charge in [-0.3, -0.25) is 9.59 Å². The van der Waals surface area contributed by atoms with Gasteiger partial charge in [0.25, 0.3) is 0 Å². The van der Waals surface area contributed by atoms with Gasteiger partial charge in [0, 0.05) is 19.6 Å². The maximum Gasteiger partial charge on any atom is 0.321 e. The molecule has 0 aliphatic carbocycles. The van der Waals surface area contributed by atoms with Gasteiger partial charge in [-0.2, -0.15) is 0 Å². The Balaban J connectivity index is 1.59. The molecular weight excluding hydrogens is 458 g/mol. The Morgan fingerprint density at radius 1 is 0.806 bits per heavy atom. The number of hydrogen-bond donors (Lipinski definition) is 3. The number of amides is 3. The minimum absolute atomic E-state index is 0.140. The average molecular weight is 488 g/mol. The van der Waals surface area contributed by atoms with Crippen molar-refractivity contribution >= 4 is 17.9 Å². The molecule has 3 aromatic carbocycles. The first-order valence-electron chi connectivity index (χ1n) is 11.8. The molecule has 36 heavy (non-hydrogen) atoms. The molecule has 1 fully saturated rings. The quantitative estimate of drug-likeness (QED) is 0.407. The second-order valence-electron chi connectivity index (χ2n) is 8.75. The molecule has 0 spiro atoms. The molecule has 4 rings (SSSR count). The highest BCUT2D eigenvalue weighted by atomic mass is 16.4. The third-order valence-electron chi connectivity index (χ3n) is 6.42. The van der Waals surface area contributed by atoms with Gasteiger partial charge in [-0.1, -0.05) is 91.0 Å². The van der Waals surface area contributed by atoms with Crippen molar-refractivity contribution in [2.75, 3.05) is 13.2 Å². The second-order valence-corrected chi connectivity index (χ2v) is 8.75. The summed E-state index contributed by atoms with van der Waals surface area (Å²) in [5.74, 6) is -2.51. The highest BCUT2D eigenvalue weighted by Crippen LogP contribution is 2.28. The molecule has 186 valence electrons. The van der Waals surface area contributed by atoms with Crippen LogP contribution in [0.5, 0.6) is 0 Å². The van der Waals surface area contributed by atoms with E-state index in [0.717, 1.165) is 11.1 Å². The van der Waals surface area contributed by atoms with E-state index in [4.69, 9.17) is 0 Å². The minimum Gasteiger partial charge on any atom is -0.481 e. The number of carboxylic acids is 1. The van der Waals surface area contributed by atoms with Crippen LogP contribution in [0.3, 0.4) is 0 Å². The highest BCUT2D eigenvalue weighted by molar-refractivity contribution is 5.92. The SMILES string of the molecule is O=C(NC[C@H](C(=O)O)c1ccccc1)C1C(CO)N(Cc2ccccc2)C(=O)N1Cc1ccccc1. The second kappa shape index (κ2) is 11.5. The molecule has 0 aromatic heterocycles. The van der Waals surface area contributed by atoms with Gasteiger partial charge < -0.3 is 25.3 Å². The highest BCUT2D eigenvalue weighted by Gasteiger charge is 2.49. The summed E-state index contributed by atoms with van der Waals surface area (Å²) < 4.78 is 0. The number of carboxylic acid groups (broad SMARTS) is 1. The zero-order chi connectivity index (χ0) is 25.5. The lowest BCUT2D eigenvalue weighted by Crippen LogP contribution is -2.51. The molecule has 1 aliphatic rings. The Kier molecular flexibility index (Phi) is 7.97. The zero-order valence-corrected chi connectivity index (χ0v) is 19.7. The number of nitrogens with zero attached hydrogens (tertiary/aromatic N) is 2. The fourth-order valence-corrected chi connectivity index (χ4v) is 4.57. The Morgan fingerprint density at radius 3 is 1.81 bits per heavy atom. The Morgan fingerprint density at radius 2 is 1.31 bits per heavy atom. The maximum atomic E-state index is 13.5. The number of nitrogens with one attached hydrogen (secondary N) is 1. The number of carbonyl (C=O) groups is 3. The topological polar surface area (TPSA) is 110 Å². The third kappa shape index (κ3) is 5.55. The molecule has 3 amide bonds. The van der Waals surface area contributed by atoms with Crippen molar-refractivity contribution in [3.8, 4) is 0 Å². The van der Waals surface area contributed by atoms with E-state index < -0.39 is 36.5 Å². The molecule has 0 bridgehead atoms. The van der Waals surface area contributed by atoms with Crippen LogP contribution in [0.1, 0.15) is 22.6 Å². The fraction of sp³-hybridized carbons (Fsp3) is 0.250. The minimum atomic E-state index is -1.06. The van der Waals surface area contributed by atoms with Crippen molar-refractivity contribution < 1.29 is 24.6 Å². The predicted molar refractivity (Wildman–Crippen MR) is 134 cm³/mol. The maximum absolute atomic E-state index is 13.5. The van der Waals surface area contributed by atoms with Crippen LogP contribution in [-0.2, 0) is 22.7 Å². The van der Waals surface area contributed by atoms with Crippen LogP contribution in [0.4, 0.5) is 4.79 Å². The van der Waals surface area contributed by atoms with Crippen molar-refractivity contribution in [3.63, 3.8) is 0 Å². The van der Waals surface area contributed by atoms with Crippen molar-refractivity contribution in [2.24, 2.45) is 0 Å². The van der Waals surface area contributed by atoms with Crippen LogP contribution in [0.15, 0.2) is 91.0 Å². The van der Waals surface area contributed by atoms with Crippen LogP contribution in [-0.4, -0.2) is 63.2 Å². The van der Waals surface area contributed by atoms with E-state index in [0.29, 0.717) is 5.56 Å². The molecule has 1 saturated heterocycles. The van der Waals surface area contributed by atoms with Gasteiger partial charge >= 0.3 is 12.0 Å². The summed E-state index contributed by atoms with van der Waals surface area (Å²) in [6, 6.07) is 25.2. The van der Waals surface area contributed by atoms with Gasteiger partial charge in [-0.05, 0) is 16.7 Å². The van der Waals surface area contributed by atoms with E-state index in [1.807, 2.05) is 60.7 Å². The van der Waals surface area contributed by atoms with Crippen LogP contribution in [0.2, 0.25) is 0 Å². The summed E-state index contributed by atoms with van der Waals surface area (Å²) in [5.41, 5.74) is 2.29. The first-order valence-corrected chi connectivity index (χ1v) is 11.8. The van der Waals surface area contributed by atoms with Gasteiger partial charge in [0.2, 0.25) is 5.91 Å². The molecule has 3 atom stereocenters. The average Bonchev–Trinajstić information content (AvgIpc) is 3.16. The lowest BCUT2D eigenvalue weighted by Gasteiger charge is -2.26. The third-order valence-corrected chi connectivity index (χ3v) is 6.42. The number of aliphatic carboxylic acids is 1. The lowest BCUT2D eigenvalue weighted by molar-refractivity contribution is -0.138. The van der Waals surface area contributed by atoms with Crippen LogP contribution in [0.25, 0.3) is 0 Å². The summed E-state index contributed by atoms with van der Waals surface area (Å²) in [6.07, 6.45) is 0. The smallest absolute Gasteiger partial charge is 0.321 e. The molecule has 0 saturated carbocycles. The first kappa shape index (κ1) is 24.9. The van der Waals surface area contributed by atoms with Gasteiger partial charge in [0.15, 0.2) is 0 Å². The van der Waals surface area contributed by atoms with Crippen LogP contribution >= 0.6 is 0 Å². The number of carbonyl (C=O) groups excluding carboxylic acids is 2. The molecule has 3 aromatic rings. The van der Waals surface area contributed by atoms with Gasteiger partial charge in [-0.15, -0.1) is 0 Å². The first-order chi connectivity index (χ1) is 17.5. The predicted octanol–water partition coefficient (Wildman–Crippen LogP) is 2.84. The summed E-state index contributed by atoms with van der Waals surface area (Å²) in [7, 11) is 0. The molecular formula is C28H29N3O5. The molecule has 1 heterocycles. The summed E-state index contributed by atoms with van der Waals surface area (Å²) in [5, 5.41) is 22.8. The molecule has 8 heteroatoms. The van der Waals surface area contributed by atoms with Crippen molar-refractivity contribution in [1.29, 1.82) is 0 Å². The van der Waals surface area contributed by atoms with Crippen molar-refractivity contribution in [1.82, 2.24) is 15.1 Å². The lowest BCUT2D eigenvalue weighted by atomic mass is 9.99. The summed E-state index contributed by atoms with van der Waals surface area (Å²) in [6.45, 7) is -0.135. The molecule has 2 unspecified atom stereocenters. The molecule has 3 N–H and O–H groups in total. The van der Waals surface area contributed by atoms with Gasteiger partial charge in [-0.25, -0.2) is 4.79 Å². The van der Waals surface area contributed by atoms with E-state index in [-0.39, 0.29) is 25.7 Å². The zero-order valence-electron chi connectivity index (χ0n) is 19.7. The van der Waals surface area contributed by atoms with Crippen LogP contribution in [0, 0.1) is 0 Å². The number of aliphatic hydroxyl groups excluding tert-OH is 1. The number of benzene rings is 3. The Hall–Kier alpha value is -4.17. The molecule has 0 radical (unpaired) electrons. The fourth-order valence-electron chi connectivity index (χ4n) is 4.57.